The molecule has 0 aliphatic carbocycles. The second kappa shape index (κ2) is 4.95. The molecular formula is C10H12N4S. The minimum atomic E-state index is 0.264. The van der Waals surface area contributed by atoms with Gasteiger partial charge in [-0.3, -0.25) is 0 Å². The van der Waals surface area contributed by atoms with E-state index in [1.165, 1.54) is 0 Å². The van der Waals surface area contributed by atoms with Crippen LogP contribution >= 0.6 is 11.3 Å². The van der Waals surface area contributed by atoms with Crippen molar-refractivity contribution in [1.29, 1.82) is 0 Å². The molecule has 0 aliphatic rings. The molecule has 0 aliphatic heterocycles. The second-order valence-corrected chi connectivity index (χ2v) is 4.10. The van der Waals surface area contributed by atoms with Crippen molar-refractivity contribution in [3.8, 4) is 0 Å². The van der Waals surface area contributed by atoms with Crippen LogP contribution in [-0.4, -0.2) is 15.0 Å². The van der Waals surface area contributed by atoms with Gasteiger partial charge in [-0.05, 0) is 13.0 Å². The van der Waals surface area contributed by atoms with E-state index in [0.717, 1.165) is 17.2 Å². The Balaban J connectivity index is 1.89. The van der Waals surface area contributed by atoms with Crippen molar-refractivity contribution in [3.63, 3.8) is 0 Å². The van der Waals surface area contributed by atoms with E-state index in [4.69, 9.17) is 0 Å². The molecule has 0 radical (unpaired) electrons. The van der Waals surface area contributed by atoms with Gasteiger partial charge in [-0.15, -0.1) is 11.3 Å². The molecule has 2 heterocycles. The molecule has 2 aromatic heterocycles. The zero-order valence-electron chi connectivity index (χ0n) is 8.42. The fourth-order valence-electron chi connectivity index (χ4n) is 1.22. The maximum Gasteiger partial charge on any atom is 0.115 e. The molecule has 5 heteroatoms. The highest BCUT2D eigenvalue weighted by Crippen LogP contribution is 2.14. The van der Waals surface area contributed by atoms with Crippen LogP contribution < -0.4 is 5.32 Å². The summed E-state index contributed by atoms with van der Waals surface area (Å²) in [6.07, 6.45) is 5.13. The fourth-order valence-corrected chi connectivity index (χ4v) is 1.89. The summed E-state index contributed by atoms with van der Waals surface area (Å²) in [5, 5.41) is 6.44. The molecule has 1 N–H and O–H groups in total. The normalized spacial score (nSPS) is 12.6. The summed E-state index contributed by atoms with van der Waals surface area (Å²) in [5.41, 5.74) is 0.994. The maximum absolute atomic E-state index is 4.25. The van der Waals surface area contributed by atoms with Gasteiger partial charge in [0.1, 0.15) is 11.3 Å². The highest BCUT2D eigenvalue weighted by molar-refractivity contribution is 7.09. The molecule has 2 aromatic rings. The number of rotatable bonds is 4. The highest BCUT2D eigenvalue weighted by Gasteiger charge is 2.06. The van der Waals surface area contributed by atoms with Crippen molar-refractivity contribution >= 4 is 11.3 Å². The van der Waals surface area contributed by atoms with Gasteiger partial charge in [-0.2, -0.15) is 0 Å². The third kappa shape index (κ3) is 2.81. The Morgan fingerprint density at radius 2 is 2.33 bits per heavy atom. The van der Waals surface area contributed by atoms with E-state index >= 15 is 0 Å². The Bertz CT molecular complexity index is 387. The zero-order valence-corrected chi connectivity index (χ0v) is 9.24. The lowest BCUT2D eigenvalue weighted by Gasteiger charge is -2.09. The first-order valence-corrected chi connectivity index (χ1v) is 5.62. The smallest absolute Gasteiger partial charge is 0.115 e. The Labute approximate surface area is 92.4 Å². The van der Waals surface area contributed by atoms with E-state index in [0.29, 0.717) is 0 Å². The summed E-state index contributed by atoms with van der Waals surface area (Å²) in [6.45, 7) is 2.84. The summed E-state index contributed by atoms with van der Waals surface area (Å²) in [4.78, 5) is 12.3. The molecule has 2 rings (SSSR count). The second-order valence-electron chi connectivity index (χ2n) is 3.17. The van der Waals surface area contributed by atoms with E-state index in [2.05, 4.69) is 27.2 Å². The standard InChI is InChI=1S/C10H12N4S/c1-8(10-12-4-5-15-10)13-6-9-2-3-11-7-14-9/h2-5,7-8,13H,6H2,1H3. The minimum absolute atomic E-state index is 0.264. The monoisotopic (exact) mass is 220 g/mol. The first-order chi connectivity index (χ1) is 7.36. The third-order valence-corrected chi connectivity index (χ3v) is 3.01. The van der Waals surface area contributed by atoms with Crippen LogP contribution in [0.15, 0.2) is 30.2 Å². The molecule has 0 fully saturated rings. The Kier molecular flexibility index (Phi) is 3.37. The zero-order chi connectivity index (χ0) is 10.5. The predicted molar refractivity (Wildman–Crippen MR) is 59.4 cm³/mol. The number of aromatic nitrogens is 3. The van der Waals surface area contributed by atoms with Crippen LogP contribution in [0.3, 0.4) is 0 Å². The van der Waals surface area contributed by atoms with Gasteiger partial charge in [0.2, 0.25) is 0 Å². The average Bonchev–Trinajstić information content (AvgIpc) is 2.81. The molecule has 0 bridgehead atoms. The van der Waals surface area contributed by atoms with E-state index in [1.807, 2.05) is 17.6 Å². The lowest BCUT2D eigenvalue weighted by molar-refractivity contribution is 0.564. The van der Waals surface area contributed by atoms with Crippen LogP contribution in [0.2, 0.25) is 0 Å². The van der Waals surface area contributed by atoms with Crippen molar-refractivity contribution in [2.45, 2.75) is 19.5 Å². The van der Waals surface area contributed by atoms with Crippen molar-refractivity contribution in [3.05, 3.63) is 40.9 Å². The fraction of sp³-hybridized carbons (Fsp3) is 0.300. The summed E-state index contributed by atoms with van der Waals surface area (Å²) in [6, 6.07) is 2.17. The van der Waals surface area contributed by atoms with Crippen molar-refractivity contribution in [2.24, 2.45) is 0 Å². The average molecular weight is 220 g/mol. The molecule has 0 spiro atoms. The van der Waals surface area contributed by atoms with E-state index < -0.39 is 0 Å². The van der Waals surface area contributed by atoms with Crippen molar-refractivity contribution < 1.29 is 0 Å². The van der Waals surface area contributed by atoms with E-state index in [9.17, 15) is 0 Å². The van der Waals surface area contributed by atoms with Crippen molar-refractivity contribution in [2.75, 3.05) is 0 Å². The van der Waals surface area contributed by atoms with Crippen LogP contribution in [0.5, 0.6) is 0 Å². The summed E-state index contributed by atoms with van der Waals surface area (Å²) in [5.74, 6) is 0. The van der Waals surface area contributed by atoms with Gasteiger partial charge < -0.3 is 5.32 Å². The van der Waals surface area contributed by atoms with Gasteiger partial charge in [0.25, 0.3) is 0 Å². The molecule has 78 valence electrons. The lowest BCUT2D eigenvalue weighted by atomic mass is 10.3. The van der Waals surface area contributed by atoms with Crippen LogP contribution in [0.4, 0.5) is 0 Å². The number of hydrogen-bond acceptors (Lipinski definition) is 5. The molecule has 15 heavy (non-hydrogen) atoms. The van der Waals surface area contributed by atoms with Gasteiger partial charge >= 0.3 is 0 Å². The molecule has 1 atom stereocenters. The molecule has 1 unspecified atom stereocenters. The summed E-state index contributed by atoms with van der Waals surface area (Å²) < 4.78 is 0. The molecule has 0 saturated heterocycles. The first kappa shape index (κ1) is 10.2. The van der Waals surface area contributed by atoms with Crippen LogP contribution in [-0.2, 0) is 6.54 Å². The molecule has 0 amide bonds. The Morgan fingerprint density at radius 1 is 1.40 bits per heavy atom. The quantitative estimate of drug-likeness (QED) is 0.853. The van der Waals surface area contributed by atoms with Gasteiger partial charge in [0.05, 0.1) is 11.7 Å². The summed E-state index contributed by atoms with van der Waals surface area (Å²) >= 11 is 1.66. The van der Waals surface area contributed by atoms with Crippen LogP contribution in [0, 0.1) is 0 Å². The SMILES string of the molecule is CC(NCc1ccncn1)c1nccs1. The maximum atomic E-state index is 4.25. The number of hydrogen-bond donors (Lipinski definition) is 1. The molecule has 0 aromatic carbocycles. The number of nitrogens with zero attached hydrogens (tertiary/aromatic N) is 3. The third-order valence-electron chi connectivity index (χ3n) is 2.05. The summed E-state index contributed by atoms with van der Waals surface area (Å²) in [7, 11) is 0. The topological polar surface area (TPSA) is 50.7 Å². The minimum Gasteiger partial charge on any atom is -0.302 e. The van der Waals surface area contributed by atoms with Gasteiger partial charge in [-0.1, -0.05) is 0 Å². The molecular weight excluding hydrogens is 208 g/mol. The van der Waals surface area contributed by atoms with Gasteiger partial charge in [-0.25, -0.2) is 15.0 Å². The first-order valence-electron chi connectivity index (χ1n) is 4.74. The van der Waals surface area contributed by atoms with Gasteiger partial charge in [0, 0.05) is 24.3 Å². The van der Waals surface area contributed by atoms with E-state index in [-0.39, 0.29) is 6.04 Å². The largest absolute Gasteiger partial charge is 0.302 e. The molecule has 4 nitrogen and oxygen atoms in total. The Hall–Kier alpha value is -1.33. The Morgan fingerprint density at radius 3 is 3.00 bits per heavy atom. The van der Waals surface area contributed by atoms with Gasteiger partial charge in [0.15, 0.2) is 0 Å². The highest BCUT2D eigenvalue weighted by atomic mass is 32.1. The van der Waals surface area contributed by atoms with Crippen LogP contribution in [0.25, 0.3) is 0 Å². The van der Waals surface area contributed by atoms with Crippen LogP contribution in [0.1, 0.15) is 23.7 Å². The predicted octanol–water partition coefficient (Wildman–Crippen LogP) is 1.78. The lowest BCUT2D eigenvalue weighted by Crippen LogP contribution is -2.18. The number of nitrogens with one attached hydrogen (secondary N) is 1. The van der Waals surface area contributed by atoms with Crippen molar-refractivity contribution in [1.82, 2.24) is 20.3 Å². The number of thiazole rings is 1. The molecule has 0 saturated carbocycles. The van der Waals surface area contributed by atoms with E-state index in [1.54, 1.807) is 23.9 Å².